The number of likely N-dealkylation sites (tertiary alicyclic amines) is 2. The van der Waals surface area contributed by atoms with Crippen molar-refractivity contribution in [1.29, 1.82) is 0 Å². The molecule has 0 spiro atoms. The zero-order valence-electron chi connectivity index (χ0n) is 18.7. The number of nitrogens with zero attached hydrogens (tertiary/aromatic N) is 2. The van der Waals surface area contributed by atoms with Gasteiger partial charge in [-0.25, -0.2) is 4.79 Å². The van der Waals surface area contributed by atoms with Gasteiger partial charge < -0.3 is 15.1 Å². The number of hydrogen-bond donors (Lipinski definition) is 1. The number of piperidine rings is 1. The van der Waals surface area contributed by atoms with Crippen molar-refractivity contribution in [3.8, 4) is 0 Å². The number of aryl methyl sites for hydroxylation is 2. The minimum atomic E-state index is -0.0982. The summed E-state index contributed by atoms with van der Waals surface area (Å²) in [6.07, 6.45) is 8.53. The average molecular weight is 452 g/mol. The van der Waals surface area contributed by atoms with Crippen molar-refractivity contribution >= 4 is 23.3 Å². The Kier molecular flexibility index (Phi) is 6.49. The van der Waals surface area contributed by atoms with Gasteiger partial charge in [-0.1, -0.05) is 24.3 Å². The predicted octanol–water partition coefficient (Wildman–Crippen LogP) is 4.76. The maximum atomic E-state index is 13.3. The van der Waals surface area contributed by atoms with E-state index < -0.39 is 0 Å². The van der Waals surface area contributed by atoms with Gasteiger partial charge in [0.1, 0.15) is 0 Å². The predicted molar refractivity (Wildman–Crippen MR) is 128 cm³/mol. The molecule has 1 atom stereocenters. The largest absolute Gasteiger partial charge is 0.344 e. The number of amides is 3. The molecule has 3 aliphatic rings. The van der Waals surface area contributed by atoms with Crippen LogP contribution in [0, 0.1) is 5.92 Å². The third-order valence-corrected chi connectivity index (χ3v) is 8.27. The van der Waals surface area contributed by atoms with Crippen LogP contribution in [0.15, 0.2) is 35.7 Å². The molecule has 1 N–H and O–H groups in total. The molecule has 2 saturated heterocycles. The Labute approximate surface area is 194 Å². The second-order valence-corrected chi connectivity index (χ2v) is 10.4. The quantitative estimate of drug-likeness (QED) is 0.729. The number of benzene rings is 1. The van der Waals surface area contributed by atoms with Gasteiger partial charge in [0.15, 0.2) is 0 Å². The molecule has 170 valence electrons. The summed E-state index contributed by atoms with van der Waals surface area (Å²) in [4.78, 5) is 31.0. The lowest BCUT2D eigenvalue weighted by Crippen LogP contribution is -2.48. The minimum Gasteiger partial charge on any atom is -0.344 e. The topological polar surface area (TPSA) is 52.7 Å². The zero-order chi connectivity index (χ0) is 21.9. The second kappa shape index (κ2) is 9.65. The van der Waals surface area contributed by atoms with E-state index >= 15 is 0 Å². The van der Waals surface area contributed by atoms with Crippen LogP contribution < -0.4 is 5.32 Å². The fourth-order valence-corrected chi connectivity index (χ4v) is 6.21. The van der Waals surface area contributed by atoms with Gasteiger partial charge in [0.2, 0.25) is 5.91 Å². The van der Waals surface area contributed by atoms with Gasteiger partial charge in [-0.3, -0.25) is 4.79 Å². The second-order valence-electron chi connectivity index (χ2n) is 9.43. The smallest absolute Gasteiger partial charge is 0.319 e. The average Bonchev–Trinajstić information content (AvgIpc) is 3.56. The molecule has 0 saturated carbocycles. The summed E-state index contributed by atoms with van der Waals surface area (Å²) in [5, 5.41) is 5.45. The highest BCUT2D eigenvalue weighted by atomic mass is 32.1. The van der Waals surface area contributed by atoms with E-state index in [1.807, 2.05) is 9.80 Å². The van der Waals surface area contributed by atoms with Crippen molar-refractivity contribution < 1.29 is 9.59 Å². The van der Waals surface area contributed by atoms with Crippen LogP contribution in [0.1, 0.15) is 66.1 Å². The fraction of sp³-hybridized carbons (Fsp3) is 0.538. The van der Waals surface area contributed by atoms with Crippen molar-refractivity contribution in [2.45, 2.75) is 57.4 Å². The number of carbonyl (C=O) groups is 2. The first-order chi connectivity index (χ1) is 15.7. The third kappa shape index (κ3) is 4.56. The van der Waals surface area contributed by atoms with E-state index in [2.05, 4.69) is 41.0 Å². The molecule has 0 bridgehead atoms. The van der Waals surface area contributed by atoms with Crippen LogP contribution in [0.5, 0.6) is 0 Å². The molecule has 1 aromatic heterocycles. The molecule has 2 aliphatic heterocycles. The van der Waals surface area contributed by atoms with E-state index in [1.54, 1.807) is 11.3 Å². The fourth-order valence-electron chi connectivity index (χ4n) is 5.41. The van der Waals surface area contributed by atoms with Crippen molar-refractivity contribution in [2.75, 3.05) is 26.2 Å². The van der Waals surface area contributed by atoms with Crippen molar-refractivity contribution in [1.82, 2.24) is 15.1 Å². The van der Waals surface area contributed by atoms with Crippen LogP contribution in [-0.4, -0.2) is 47.9 Å². The Bertz CT molecular complexity index is 944. The van der Waals surface area contributed by atoms with Gasteiger partial charge >= 0.3 is 6.03 Å². The molecule has 2 aromatic rings. The van der Waals surface area contributed by atoms with Gasteiger partial charge in [-0.2, -0.15) is 0 Å². The van der Waals surface area contributed by atoms with E-state index in [-0.39, 0.29) is 23.9 Å². The molecule has 3 heterocycles. The highest BCUT2D eigenvalue weighted by Gasteiger charge is 2.32. The van der Waals surface area contributed by atoms with Crippen molar-refractivity contribution in [3.63, 3.8) is 0 Å². The van der Waals surface area contributed by atoms with E-state index in [4.69, 9.17) is 0 Å². The first-order valence-electron chi connectivity index (χ1n) is 12.2. The molecule has 0 radical (unpaired) electrons. The van der Waals surface area contributed by atoms with Crippen LogP contribution in [0.2, 0.25) is 0 Å². The van der Waals surface area contributed by atoms with Crippen LogP contribution in [-0.2, 0) is 17.6 Å². The van der Waals surface area contributed by atoms with Crippen LogP contribution in [0.25, 0.3) is 0 Å². The summed E-state index contributed by atoms with van der Waals surface area (Å²) >= 11 is 1.70. The third-order valence-electron chi connectivity index (χ3n) is 7.33. The number of nitrogens with one attached hydrogen (secondary N) is 1. The van der Waals surface area contributed by atoms with E-state index in [9.17, 15) is 9.59 Å². The van der Waals surface area contributed by atoms with Crippen molar-refractivity contribution in [3.05, 3.63) is 57.3 Å². The zero-order valence-corrected chi connectivity index (χ0v) is 19.5. The number of hydrogen-bond acceptors (Lipinski definition) is 3. The first-order valence-corrected chi connectivity index (χ1v) is 13.1. The maximum absolute atomic E-state index is 13.3. The monoisotopic (exact) mass is 451 g/mol. The standard InChI is InChI=1S/C26H33N3O2S/c30-25(20-11-15-29(16-12-20)26(31)28-13-3-4-14-28)27-24(23-8-5-17-32-23)22-10-9-19-6-1-2-7-21(19)18-22/h5,8-10,17-18,20,24H,1-4,6-7,11-16H2,(H,27,30). The molecule has 1 unspecified atom stereocenters. The normalized spacial score (nSPS) is 20.1. The summed E-state index contributed by atoms with van der Waals surface area (Å²) in [6.45, 7) is 3.11. The lowest BCUT2D eigenvalue weighted by Gasteiger charge is -2.34. The highest BCUT2D eigenvalue weighted by Crippen LogP contribution is 2.31. The Morgan fingerprint density at radius 1 is 0.906 bits per heavy atom. The van der Waals surface area contributed by atoms with Gasteiger partial charge in [0.25, 0.3) is 0 Å². The molecule has 5 nitrogen and oxygen atoms in total. The summed E-state index contributed by atoms with van der Waals surface area (Å²) in [7, 11) is 0. The lowest BCUT2D eigenvalue weighted by molar-refractivity contribution is -0.126. The SMILES string of the molecule is O=C(NC(c1ccc2c(c1)CCCC2)c1cccs1)C1CCN(C(=O)N2CCCC2)CC1. The Morgan fingerprint density at radius 3 is 2.34 bits per heavy atom. The van der Waals surface area contributed by atoms with Gasteiger partial charge in [0, 0.05) is 37.0 Å². The van der Waals surface area contributed by atoms with Gasteiger partial charge in [0.05, 0.1) is 6.04 Å². The number of thiophene rings is 1. The van der Waals surface area contributed by atoms with E-state index in [0.29, 0.717) is 13.1 Å². The molecular weight excluding hydrogens is 418 g/mol. The summed E-state index contributed by atoms with van der Waals surface area (Å²) < 4.78 is 0. The lowest BCUT2D eigenvalue weighted by atomic mass is 9.88. The van der Waals surface area contributed by atoms with E-state index in [0.717, 1.165) is 45.2 Å². The molecule has 1 aliphatic carbocycles. The minimum absolute atomic E-state index is 0.0299. The molecular formula is C26H33N3O2S. The van der Waals surface area contributed by atoms with Gasteiger partial charge in [-0.15, -0.1) is 11.3 Å². The Balaban J connectivity index is 1.25. The Hall–Kier alpha value is -2.34. The number of rotatable bonds is 4. The highest BCUT2D eigenvalue weighted by molar-refractivity contribution is 7.10. The number of fused-ring (bicyclic) bond motifs is 1. The molecule has 5 rings (SSSR count). The first kappa shape index (κ1) is 21.5. The maximum Gasteiger partial charge on any atom is 0.319 e. The number of urea groups is 1. The molecule has 32 heavy (non-hydrogen) atoms. The van der Waals surface area contributed by atoms with Crippen LogP contribution >= 0.6 is 11.3 Å². The van der Waals surface area contributed by atoms with Crippen molar-refractivity contribution in [2.24, 2.45) is 5.92 Å². The van der Waals surface area contributed by atoms with Crippen LogP contribution in [0.3, 0.4) is 0 Å². The summed E-state index contributed by atoms with van der Waals surface area (Å²) in [5.41, 5.74) is 4.09. The van der Waals surface area contributed by atoms with E-state index in [1.165, 1.54) is 40.8 Å². The Morgan fingerprint density at radius 2 is 1.62 bits per heavy atom. The summed E-state index contributed by atoms with van der Waals surface area (Å²) in [6, 6.07) is 11.0. The molecule has 2 fully saturated rings. The molecule has 1 aromatic carbocycles. The summed E-state index contributed by atoms with van der Waals surface area (Å²) in [5.74, 6) is 0.0899. The number of carbonyl (C=O) groups excluding carboxylic acids is 2. The van der Waals surface area contributed by atoms with Gasteiger partial charge in [-0.05, 0) is 79.5 Å². The molecule has 6 heteroatoms. The van der Waals surface area contributed by atoms with Crippen LogP contribution in [0.4, 0.5) is 4.79 Å². The molecule has 3 amide bonds.